The fourth-order valence-corrected chi connectivity index (χ4v) is 3.31. The molecule has 1 aromatic heterocycles. The van der Waals surface area contributed by atoms with E-state index in [9.17, 15) is 9.18 Å². The number of nitrogens with zero attached hydrogens (tertiary/aromatic N) is 1. The number of halogens is 2. The number of aromatic nitrogens is 1. The van der Waals surface area contributed by atoms with Gasteiger partial charge in [0.05, 0.1) is 5.69 Å². The molecule has 1 heterocycles. The van der Waals surface area contributed by atoms with Gasteiger partial charge in [-0.15, -0.1) is 11.3 Å². The van der Waals surface area contributed by atoms with Gasteiger partial charge >= 0.3 is 0 Å². The molecule has 0 spiro atoms. The number of aryl methyl sites for hydroxylation is 2. The van der Waals surface area contributed by atoms with Crippen molar-refractivity contribution in [3.8, 4) is 5.75 Å². The summed E-state index contributed by atoms with van der Waals surface area (Å²) < 4.78 is 19.0. The summed E-state index contributed by atoms with van der Waals surface area (Å²) in [4.78, 5) is 17.4. The first kappa shape index (κ1) is 18.4. The molecule has 0 radical (unpaired) electrons. The van der Waals surface area contributed by atoms with Gasteiger partial charge in [0.1, 0.15) is 28.1 Å². The van der Waals surface area contributed by atoms with E-state index < -0.39 is 5.82 Å². The quantitative estimate of drug-likeness (QED) is 0.636. The van der Waals surface area contributed by atoms with Gasteiger partial charge in [0.2, 0.25) is 0 Å². The van der Waals surface area contributed by atoms with Crippen molar-refractivity contribution in [2.45, 2.75) is 20.5 Å². The molecule has 2 aromatic carbocycles. The van der Waals surface area contributed by atoms with Crippen molar-refractivity contribution in [3.05, 3.63) is 74.4 Å². The maximum atomic E-state index is 13.4. The van der Waals surface area contributed by atoms with Crippen LogP contribution in [0.25, 0.3) is 0 Å². The lowest BCUT2D eigenvalue weighted by Gasteiger charge is -2.07. The van der Waals surface area contributed by atoms with Gasteiger partial charge in [0, 0.05) is 10.7 Å². The number of rotatable bonds is 5. The molecule has 4 nitrogen and oxygen atoms in total. The number of hydrogen-bond donors (Lipinski definition) is 1. The zero-order valence-electron chi connectivity index (χ0n) is 14.2. The smallest absolute Gasteiger partial charge is 0.267 e. The minimum atomic E-state index is -0.399. The molecule has 0 aliphatic carbocycles. The number of carbonyl (C=O) groups excluding carboxylic acids is 1. The third-order valence-electron chi connectivity index (χ3n) is 3.67. The van der Waals surface area contributed by atoms with E-state index >= 15 is 0 Å². The van der Waals surface area contributed by atoms with E-state index in [0.29, 0.717) is 32.0 Å². The molecule has 0 aliphatic heterocycles. The van der Waals surface area contributed by atoms with E-state index in [1.165, 1.54) is 23.5 Å². The predicted octanol–water partition coefficient (Wildman–Crippen LogP) is 5.38. The van der Waals surface area contributed by atoms with Crippen LogP contribution in [-0.2, 0) is 6.61 Å². The molecule has 7 heteroatoms. The van der Waals surface area contributed by atoms with Gasteiger partial charge in [-0.05, 0) is 55.8 Å². The molecule has 0 unspecified atom stereocenters. The number of amides is 1. The van der Waals surface area contributed by atoms with E-state index in [1.54, 1.807) is 44.2 Å². The summed E-state index contributed by atoms with van der Waals surface area (Å²) in [7, 11) is 0. The molecule has 3 rings (SSSR count). The predicted molar refractivity (Wildman–Crippen MR) is 102 cm³/mol. The molecule has 3 aromatic rings. The highest BCUT2D eigenvalue weighted by molar-refractivity contribution is 7.13. The summed E-state index contributed by atoms with van der Waals surface area (Å²) in [5.41, 5.74) is 1.84. The van der Waals surface area contributed by atoms with Gasteiger partial charge in [-0.2, -0.15) is 0 Å². The number of nitrogens with one attached hydrogen (secondary N) is 1. The number of thiazole rings is 1. The monoisotopic (exact) mass is 390 g/mol. The number of ether oxygens (including phenoxy) is 1. The van der Waals surface area contributed by atoms with Crippen molar-refractivity contribution in [1.29, 1.82) is 0 Å². The molecule has 0 saturated carbocycles. The summed E-state index contributed by atoms with van der Waals surface area (Å²) >= 11 is 7.09. The Bertz CT molecular complexity index is 941. The van der Waals surface area contributed by atoms with Gasteiger partial charge in [-0.25, -0.2) is 9.37 Å². The summed E-state index contributed by atoms with van der Waals surface area (Å²) in [6.07, 6.45) is 0. The van der Waals surface area contributed by atoms with Crippen molar-refractivity contribution in [3.63, 3.8) is 0 Å². The highest BCUT2D eigenvalue weighted by atomic mass is 35.5. The number of carbonyl (C=O) groups is 1. The third-order valence-corrected chi connectivity index (χ3v) is 5.05. The molecule has 26 heavy (non-hydrogen) atoms. The molecule has 0 aliphatic rings. The molecule has 0 fully saturated rings. The molecule has 134 valence electrons. The van der Waals surface area contributed by atoms with Gasteiger partial charge < -0.3 is 10.1 Å². The fourth-order valence-electron chi connectivity index (χ4n) is 2.31. The van der Waals surface area contributed by atoms with Gasteiger partial charge in [-0.3, -0.25) is 4.79 Å². The summed E-state index contributed by atoms with van der Waals surface area (Å²) in [6.45, 7) is 3.81. The Morgan fingerprint density at radius 2 is 1.96 bits per heavy atom. The average molecular weight is 391 g/mol. The second-order valence-corrected chi connectivity index (χ2v) is 7.20. The Morgan fingerprint density at radius 3 is 2.69 bits per heavy atom. The SMILES string of the molecule is Cc1ccc(F)cc1NC(=O)c1sc(COc2ccc(Cl)cc2)nc1C. The second kappa shape index (κ2) is 7.85. The Morgan fingerprint density at radius 1 is 1.23 bits per heavy atom. The number of hydrogen-bond acceptors (Lipinski definition) is 4. The minimum Gasteiger partial charge on any atom is -0.486 e. The van der Waals surface area contributed by atoms with Crippen molar-refractivity contribution >= 4 is 34.5 Å². The van der Waals surface area contributed by atoms with Crippen molar-refractivity contribution in [2.24, 2.45) is 0 Å². The third kappa shape index (κ3) is 4.39. The maximum absolute atomic E-state index is 13.4. The van der Waals surface area contributed by atoms with E-state index in [-0.39, 0.29) is 12.5 Å². The van der Waals surface area contributed by atoms with Crippen LogP contribution in [0.3, 0.4) is 0 Å². The molecular weight excluding hydrogens is 375 g/mol. The first-order valence-corrected chi connectivity index (χ1v) is 9.04. The normalized spacial score (nSPS) is 10.6. The van der Waals surface area contributed by atoms with Crippen LogP contribution in [-0.4, -0.2) is 10.9 Å². The summed E-state index contributed by atoms with van der Waals surface area (Å²) in [5, 5.41) is 4.05. The van der Waals surface area contributed by atoms with Gasteiger partial charge in [0.25, 0.3) is 5.91 Å². The van der Waals surface area contributed by atoms with Gasteiger partial charge in [-0.1, -0.05) is 17.7 Å². The summed E-state index contributed by atoms with van der Waals surface area (Å²) in [5.74, 6) is -0.0425. The average Bonchev–Trinajstić information content (AvgIpc) is 2.98. The number of benzene rings is 2. The molecule has 0 atom stereocenters. The molecular formula is C19H16ClFN2O2S. The van der Waals surface area contributed by atoms with Crippen molar-refractivity contribution in [2.75, 3.05) is 5.32 Å². The largest absolute Gasteiger partial charge is 0.486 e. The Kier molecular flexibility index (Phi) is 5.54. The molecule has 0 saturated heterocycles. The van der Waals surface area contributed by atoms with Crippen LogP contribution in [0.15, 0.2) is 42.5 Å². The van der Waals surface area contributed by atoms with Crippen LogP contribution >= 0.6 is 22.9 Å². The highest BCUT2D eigenvalue weighted by Gasteiger charge is 2.17. The Hall–Kier alpha value is -2.44. The molecule has 0 bridgehead atoms. The van der Waals surface area contributed by atoms with Crippen LogP contribution in [0.2, 0.25) is 5.02 Å². The van der Waals surface area contributed by atoms with E-state index in [0.717, 1.165) is 5.56 Å². The van der Waals surface area contributed by atoms with E-state index in [1.807, 2.05) is 0 Å². The molecule has 1 N–H and O–H groups in total. The van der Waals surface area contributed by atoms with E-state index in [4.69, 9.17) is 16.3 Å². The minimum absolute atomic E-state index is 0.249. The van der Waals surface area contributed by atoms with Crippen LogP contribution in [0.5, 0.6) is 5.75 Å². The van der Waals surface area contributed by atoms with Crippen molar-refractivity contribution in [1.82, 2.24) is 4.98 Å². The topological polar surface area (TPSA) is 51.2 Å². The van der Waals surface area contributed by atoms with Gasteiger partial charge in [0.15, 0.2) is 0 Å². The lowest BCUT2D eigenvalue weighted by Crippen LogP contribution is -2.12. The van der Waals surface area contributed by atoms with Crippen molar-refractivity contribution < 1.29 is 13.9 Å². The highest BCUT2D eigenvalue weighted by Crippen LogP contribution is 2.23. The lowest BCUT2D eigenvalue weighted by atomic mass is 10.2. The Labute approximate surface area is 159 Å². The Balaban J connectivity index is 1.69. The zero-order valence-corrected chi connectivity index (χ0v) is 15.7. The maximum Gasteiger partial charge on any atom is 0.267 e. The second-order valence-electron chi connectivity index (χ2n) is 5.68. The lowest BCUT2D eigenvalue weighted by molar-refractivity contribution is 0.102. The zero-order chi connectivity index (χ0) is 18.7. The number of anilines is 1. The molecule has 1 amide bonds. The van der Waals surface area contributed by atoms with Crippen LogP contribution in [0, 0.1) is 19.7 Å². The first-order valence-electron chi connectivity index (χ1n) is 7.84. The van der Waals surface area contributed by atoms with Crippen LogP contribution < -0.4 is 10.1 Å². The first-order chi connectivity index (χ1) is 12.4. The van der Waals surface area contributed by atoms with Crippen LogP contribution in [0.1, 0.15) is 25.9 Å². The van der Waals surface area contributed by atoms with Crippen LogP contribution in [0.4, 0.5) is 10.1 Å². The van der Waals surface area contributed by atoms with E-state index in [2.05, 4.69) is 10.3 Å². The summed E-state index contributed by atoms with van der Waals surface area (Å²) in [6, 6.07) is 11.3. The fraction of sp³-hybridized carbons (Fsp3) is 0.158. The standard InChI is InChI=1S/C19H16ClFN2O2S/c1-11-3-6-14(21)9-16(11)23-19(24)18-12(2)22-17(26-18)10-25-15-7-4-13(20)5-8-15/h3-9H,10H2,1-2H3,(H,23,24).